The molecular weight excluding hydrogens is 320 g/mol. The van der Waals surface area contributed by atoms with E-state index >= 15 is 0 Å². The molecule has 2 aromatic rings. The average Bonchev–Trinajstić information content (AvgIpc) is 2.75. The second-order valence-corrected chi connectivity index (χ2v) is 6.23. The lowest BCUT2D eigenvalue weighted by molar-refractivity contribution is 0.112. The monoisotopic (exact) mass is 336 g/mol. The van der Waals surface area contributed by atoms with Crippen molar-refractivity contribution in [2.24, 2.45) is 0 Å². The van der Waals surface area contributed by atoms with E-state index in [0.29, 0.717) is 15.9 Å². The number of aromatic nitrogens is 2. The average molecular weight is 337 g/mol. The number of hydrogen-bond donors (Lipinski definition) is 0. The van der Waals surface area contributed by atoms with Gasteiger partial charge >= 0.3 is 0 Å². The van der Waals surface area contributed by atoms with Gasteiger partial charge in [0.05, 0.1) is 18.2 Å². The van der Waals surface area contributed by atoms with Crippen molar-refractivity contribution >= 4 is 22.2 Å². The molecule has 0 spiro atoms. The van der Waals surface area contributed by atoms with Crippen molar-refractivity contribution in [1.29, 1.82) is 0 Å². The Bertz CT molecular complexity index is 625. The summed E-state index contributed by atoms with van der Waals surface area (Å²) in [6.45, 7) is 6.12. The molecule has 0 aliphatic rings. The Kier molecular flexibility index (Phi) is 3.99. The smallest absolute Gasteiger partial charge is 0.155 e. The number of ether oxygens (including phenoxy) is 1. The van der Waals surface area contributed by atoms with Crippen LogP contribution >= 0.6 is 15.9 Å². The lowest BCUT2D eigenvalue weighted by Gasteiger charge is -2.20. The van der Waals surface area contributed by atoms with Crippen LogP contribution in [0.3, 0.4) is 0 Å². The Hall–Kier alpha value is -1.62. The summed E-state index contributed by atoms with van der Waals surface area (Å²) in [7, 11) is 1.62. The van der Waals surface area contributed by atoms with Crippen LogP contribution in [0, 0.1) is 0 Å². The van der Waals surface area contributed by atoms with Gasteiger partial charge in [0.15, 0.2) is 6.29 Å². The first-order valence-corrected chi connectivity index (χ1v) is 7.06. The van der Waals surface area contributed by atoms with Gasteiger partial charge in [-0.25, -0.2) is 0 Å². The largest absolute Gasteiger partial charge is 0.497 e. The molecule has 5 heteroatoms. The first-order valence-electron chi connectivity index (χ1n) is 6.27. The number of methoxy groups -OCH3 is 1. The molecule has 0 saturated carbocycles. The molecule has 0 N–H and O–H groups in total. The molecule has 2 rings (SSSR count). The predicted octanol–water partition coefficient (Wildman–Crippen LogP) is 3.89. The summed E-state index contributed by atoms with van der Waals surface area (Å²) in [6.07, 6.45) is 0.832. The van der Waals surface area contributed by atoms with E-state index in [1.54, 1.807) is 7.11 Å². The van der Waals surface area contributed by atoms with Crippen molar-refractivity contribution in [3.8, 4) is 17.0 Å². The highest BCUT2D eigenvalue weighted by atomic mass is 79.9. The maximum Gasteiger partial charge on any atom is 0.155 e. The zero-order valence-corrected chi connectivity index (χ0v) is 13.6. The van der Waals surface area contributed by atoms with Crippen LogP contribution in [0.5, 0.6) is 5.75 Å². The van der Waals surface area contributed by atoms with Crippen molar-refractivity contribution in [3.05, 3.63) is 34.4 Å². The first kappa shape index (κ1) is 14.8. The Morgan fingerprint density at radius 3 is 2.30 bits per heavy atom. The fourth-order valence-corrected chi connectivity index (χ4v) is 2.81. The lowest BCUT2D eigenvalue weighted by atomic mass is 10.1. The number of hydrogen-bond acceptors (Lipinski definition) is 3. The van der Waals surface area contributed by atoms with Crippen molar-refractivity contribution in [2.45, 2.75) is 26.3 Å². The van der Waals surface area contributed by atoms with Crippen LogP contribution in [0.25, 0.3) is 11.3 Å². The van der Waals surface area contributed by atoms with Crippen molar-refractivity contribution < 1.29 is 9.53 Å². The summed E-state index contributed by atoms with van der Waals surface area (Å²) in [4.78, 5) is 11.4. The maximum atomic E-state index is 11.4. The second-order valence-electron chi connectivity index (χ2n) is 5.48. The Morgan fingerprint density at radius 2 is 1.85 bits per heavy atom. The van der Waals surface area contributed by atoms with E-state index < -0.39 is 0 Å². The minimum atomic E-state index is -0.207. The molecule has 0 saturated heterocycles. The normalized spacial score (nSPS) is 11.4. The Morgan fingerprint density at radius 1 is 1.25 bits per heavy atom. The topological polar surface area (TPSA) is 44.1 Å². The number of nitrogens with zero attached hydrogens (tertiary/aromatic N) is 2. The molecule has 1 heterocycles. The maximum absolute atomic E-state index is 11.4. The molecule has 0 amide bonds. The zero-order valence-electron chi connectivity index (χ0n) is 12.0. The molecule has 0 fully saturated rings. The summed E-state index contributed by atoms with van der Waals surface area (Å²) in [5.41, 5.74) is 1.91. The van der Waals surface area contributed by atoms with Crippen molar-refractivity contribution in [3.63, 3.8) is 0 Å². The number of benzene rings is 1. The van der Waals surface area contributed by atoms with Crippen molar-refractivity contribution in [1.82, 2.24) is 9.78 Å². The summed E-state index contributed by atoms with van der Waals surface area (Å²) in [5, 5.41) is 4.58. The highest BCUT2D eigenvalue weighted by molar-refractivity contribution is 9.10. The van der Waals surface area contributed by atoms with Crippen molar-refractivity contribution in [2.75, 3.05) is 7.11 Å². The van der Waals surface area contributed by atoms with Crippen LogP contribution in [-0.2, 0) is 5.54 Å². The predicted molar refractivity (Wildman–Crippen MR) is 82.3 cm³/mol. The van der Waals surface area contributed by atoms with E-state index in [0.717, 1.165) is 17.6 Å². The van der Waals surface area contributed by atoms with Gasteiger partial charge in [0, 0.05) is 5.56 Å². The standard InChI is InChI=1S/C15H17BrN2O2/c1-15(2,3)18-14(16)12(9-19)13(17-18)10-5-7-11(20-4)8-6-10/h5-9H,1-4H3. The summed E-state index contributed by atoms with van der Waals surface area (Å²) >= 11 is 3.47. The molecule has 1 aromatic carbocycles. The molecule has 0 radical (unpaired) electrons. The fraction of sp³-hybridized carbons (Fsp3) is 0.333. The van der Waals surface area contributed by atoms with Crippen LogP contribution in [0.4, 0.5) is 0 Å². The molecule has 1 aromatic heterocycles. The zero-order chi connectivity index (χ0) is 14.9. The van der Waals surface area contributed by atoms with Gasteiger partial charge in [-0.1, -0.05) is 0 Å². The third-order valence-corrected chi connectivity index (χ3v) is 3.74. The summed E-state index contributed by atoms with van der Waals surface area (Å²) in [5.74, 6) is 0.774. The molecule has 4 nitrogen and oxygen atoms in total. The lowest BCUT2D eigenvalue weighted by Crippen LogP contribution is -2.23. The minimum Gasteiger partial charge on any atom is -0.497 e. The third-order valence-electron chi connectivity index (χ3n) is 2.98. The molecular formula is C15H17BrN2O2. The van der Waals surface area contributed by atoms with E-state index in [-0.39, 0.29) is 5.54 Å². The highest BCUT2D eigenvalue weighted by Gasteiger charge is 2.24. The fourth-order valence-electron chi connectivity index (χ4n) is 1.92. The third kappa shape index (κ3) is 2.63. The second kappa shape index (κ2) is 5.40. The van der Waals surface area contributed by atoms with Gasteiger partial charge in [0.1, 0.15) is 16.0 Å². The van der Waals surface area contributed by atoms with Gasteiger partial charge in [-0.2, -0.15) is 5.10 Å². The van der Waals surface area contributed by atoms with Gasteiger partial charge in [-0.15, -0.1) is 0 Å². The number of carbonyl (C=O) groups excluding carboxylic acids is 1. The first-order chi connectivity index (χ1) is 9.38. The molecule has 0 aliphatic carbocycles. The van der Waals surface area contributed by atoms with Gasteiger partial charge < -0.3 is 4.74 Å². The number of rotatable bonds is 3. The van der Waals surface area contributed by atoms with Crippen LogP contribution in [0.15, 0.2) is 28.9 Å². The van der Waals surface area contributed by atoms with Crippen LogP contribution in [-0.4, -0.2) is 23.2 Å². The highest BCUT2D eigenvalue weighted by Crippen LogP contribution is 2.32. The molecule has 0 bridgehead atoms. The summed E-state index contributed by atoms with van der Waals surface area (Å²) in [6, 6.07) is 7.50. The van der Waals surface area contributed by atoms with E-state index in [1.165, 1.54) is 0 Å². The SMILES string of the molecule is COc1ccc(-c2nn(C(C)(C)C)c(Br)c2C=O)cc1. The molecule has 106 valence electrons. The molecule has 0 aliphatic heterocycles. The van der Waals surface area contributed by atoms with Gasteiger partial charge in [0.2, 0.25) is 0 Å². The number of aldehydes is 1. The van der Waals surface area contributed by atoms with E-state index in [4.69, 9.17) is 4.74 Å². The summed E-state index contributed by atoms with van der Waals surface area (Å²) < 4.78 is 7.66. The van der Waals surface area contributed by atoms with Gasteiger partial charge in [-0.3, -0.25) is 9.48 Å². The van der Waals surface area contributed by atoms with Crippen LogP contribution in [0.2, 0.25) is 0 Å². The Labute approximate surface area is 126 Å². The van der Waals surface area contributed by atoms with E-state index in [1.807, 2.05) is 49.7 Å². The number of halogens is 1. The van der Waals surface area contributed by atoms with Crippen LogP contribution < -0.4 is 4.74 Å². The van der Waals surface area contributed by atoms with Gasteiger partial charge in [0.25, 0.3) is 0 Å². The Balaban J connectivity index is 2.58. The van der Waals surface area contributed by atoms with Gasteiger partial charge in [-0.05, 0) is 61.0 Å². The molecule has 20 heavy (non-hydrogen) atoms. The van der Waals surface area contributed by atoms with E-state index in [2.05, 4.69) is 21.0 Å². The van der Waals surface area contributed by atoms with E-state index in [9.17, 15) is 4.79 Å². The quantitative estimate of drug-likeness (QED) is 0.798. The van der Waals surface area contributed by atoms with Crippen LogP contribution in [0.1, 0.15) is 31.1 Å². The number of carbonyl (C=O) groups is 1. The molecule has 0 unspecified atom stereocenters. The molecule has 0 atom stereocenters. The minimum absolute atomic E-state index is 0.207.